The lowest BCUT2D eigenvalue weighted by Gasteiger charge is -2.39. The number of hydrogen-bond donors (Lipinski definition) is 3. The number of aliphatic hydroxyl groups excluding tert-OH is 1. The number of hydrogen-bond acceptors (Lipinski definition) is 8. The van der Waals surface area contributed by atoms with Gasteiger partial charge in [-0.2, -0.15) is 0 Å². The van der Waals surface area contributed by atoms with Crippen LogP contribution in [0.4, 0.5) is 19.7 Å². The number of benzene rings is 1. The number of halogens is 1. The molecule has 2 amide bonds. The highest BCUT2D eigenvalue weighted by atomic mass is 19.1. The second-order valence-corrected chi connectivity index (χ2v) is 11.8. The summed E-state index contributed by atoms with van der Waals surface area (Å²) in [6.45, 7) is 10.8. The van der Waals surface area contributed by atoms with Crippen LogP contribution in [0.1, 0.15) is 60.8 Å². The number of anilines is 1. The van der Waals surface area contributed by atoms with Crippen LogP contribution >= 0.6 is 0 Å². The minimum absolute atomic E-state index is 0.00360. The summed E-state index contributed by atoms with van der Waals surface area (Å²) in [7, 11) is 0. The van der Waals surface area contributed by atoms with Crippen LogP contribution < -0.4 is 15.4 Å². The van der Waals surface area contributed by atoms with Crippen molar-refractivity contribution >= 4 is 17.9 Å². The largest absolute Gasteiger partial charge is 0.486 e. The lowest BCUT2D eigenvalue weighted by Crippen LogP contribution is -2.56. The van der Waals surface area contributed by atoms with Gasteiger partial charge >= 0.3 is 12.2 Å². The molecule has 11 heteroatoms. The zero-order chi connectivity index (χ0) is 28.8. The van der Waals surface area contributed by atoms with Gasteiger partial charge in [0, 0.05) is 5.70 Å². The SMILES string of the molecule is CC(C)(C)OC(=O)NCC(Nc1cccc(F)c1OC[C@@H]1CN(C(=O)OC(C)(C)C)[C@H](CO)CO1)=C1CCC1. The summed E-state index contributed by atoms with van der Waals surface area (Å²) in [5.74, 6) is -0.560. The molecular weight excluding hydrogens is 509 g/mol. The maximum absolute atomic E-state index is 14.9. The van der Waals surface area contributed by atoms with E-state index in [-0.39, 0.29) is 38.7 Å². The number of para-hydroxylation sites is 1. The topological polar surface area (TPSA) is 119 Å². The van der Waals surface area contributed by atoms with Gasteiger partial charge < -0.3 is 34.7 Å². The molecule has 2 fully saturated rings. The molecule has 1 aromatic rings. The molecule has 0 radical (unpaired) electrons. The van der Waals surface area contributed by atoms with Crippen molar-refractivity contribution in [2.45, 2.75) is 84.2 Å². The van der Waals surface area contributed by atoms with Crippen molar-refractivity contribution in [1.29, 1.82) is 0 Å². The van der Waals surface area contributed by atoms with E-state index in [1.807, 2.05) is 0 Å². The first-order valence-electron chi connectivity index (χ1n) is 13.3. The van der Waals surface area contributed by atoms with Crippen LogP contribution in [0.2, 0.25) is 0 Å². The first kappa shape index (κ1) is 30.5. The molecular formula is C28H42FN3O7. The van der Waals surface area contributed by atoms with Crippen LogP contribution in [0, 0.1) is 5.82 Å². The van der Waals surface area contributed by atoms with Crippen molar-refractivity contribution in [3.8, 4) is 5.75 Å². The molecule has 0 aromatic heterocycles. The number of nitrogens with zero attached hydrogens (tertiary/aromatic N) is 1. The maximum Gasteiger partial charge on any atom is 0.410 e. The lowest BCUT2D eigenvalue weighted by atomic mass is 9.90. The number of nitrogens with one attached hydrogen (secondary N) is 2. The van der Waals surface area contributed by atoms with E-state index in [2.05, 4.69) is 10.6 Å². The van der Waals surface area contributed by atoms with Crippen molar-refractivity contribution in [1.82, 2.24) is 10.2 Å². The van der Waals surface area contributed by atoms with Gasteiger partial charge in [-0.1, -0.05) is 6.07 Å². The highest BCUT2D eigenvalue weighted by Gasteiger charge is 2.35. The Hall–Kier alpha value is -3.05. The molecule has 0 unspecified atom stereocenters. The van der Waals surface area contributed by atoms with Crippen LogP contribution in [0.25, 0.3) is 0 Å². The zero-order valence-corrected chi connectivity index (χ0v) is 23.8. The number of allylic oxidation sites excluding steroid dienone is 1. The van der Waals surface area contributed by atoms with E-state index < -0.39 is 41.4 Å². The van der Waals surface area contributed by atoms with Gasteiger partial charge in [-0.05, 0) is 78.5 Å². The normalized spacial score (nSPS) is 19.6. The summed E-state index contributed by atoms with van der Waals surface area (Å²) in [4.78, 5) is 26.3. The highest BCUT2D eigenvalue weighted by Crippen LogP contribution is 2.33. The van der Waals surface area contributed by atoms with Gasteiger partial charge in [0.1, 0.15) is 23.9 Å². The Balaban J connectivity index is 1.68. The standard InChI is InChI=1S/C28H42FN3O7/c1-27(2,3)38-25(34)30-13-23(18-9-7-10-18)31-22-12-8-11-21(29)24(22)37-17-20-14-32(19(15-33)16-36-20)26(35)39-28(4,5)6/h8,11-12,19-20,31,33H,7,9-10,13-17H2,1-6H3,(H,30,34)/t19-,20+/m1/s1. The lowest BCUT2D eigenvalue weighted by molar-refractivity contribution is -0.0910. The number of carbonyl (C=O) groups is 2. The Bertz CT molecular complexity index is 1040. The van der Waals surface area contributed by atoms with Crippen LogP contribution in [-0.2, 0) is 14.2 Å². The summed E-state index contributed by atoms with van der Waals surface area (Å²) in [5, 5.41) is 15.7. The van der Waals surface area contributed by atoms with Gasteiger partial charge in [-0.3, -0.25) is 4.90 Å². The second-order valence-electron chi connectivity index (χ2n) is 11.8. The van der Waals surface area contributed by atoms with Crippen molar-refractivity contribution in [3.05, 3.63) is 35.3 Å². The molecule has 1 saturated carbocycles. The number of morpholine rings is 1. The van der Waals surface area contributed by atoms with E-state index in [1.165, 1.54) is 11.0 Å². The zero-order valence-electron chi connectivity index (χ0n) is 23.8. The maximum atomic E-state index is 14.9. The Morgan fingerprint density at radius 3 is 2.41 bits per heavy atom. The van der Waals surface area contributed by atoms with E-state index in [1.54, 1.807) is 53.7 Å². The van der Waals surface area contributed by atoms with E-state index in [0.29, 0.717) is 5.69 Å². The fraction of sp³-hybridized carbons (Fsp3) is 0.643. The van der Waals surface area contributed by atoms with Crippen molar-refractivity contribution < 1.29 is 38.0 Å². The summed E-state index contributed by atoms with van der Waals surface area (Å²) < 4.78 is 37.4. The first-order chi connectivity index (χ1) is 18.3. The first-order valence-corrected chi connectivity index (χ1v) is 13.3. The number of rotatable bonds is 8. The Morgan fingerprint density at radius 2 is 1.82 bits per heavy atom. The van der Waals surface area contributed by atoms with Crippen LogP contribution in [-0.4, -0.2) is 78.5 Å². The van der Waals surface area contributed by atoms with Crippen LogP contribution in [0.5, 0.6) is 5.75 Å². The van der Waals surface area contributed by atoms with Gasteiger partial charge in [0.2, 0.25) is 0 Å². The number of amides is 2. The van der Waals surface area contributed by atoms with Gasteiger partial charge in [0.05, 0.1) is 38.0 Å². The molecule has 2 aliphatic rings. The summed E-state index contributed by atoms with van der Waals surface area (Å²) in [5.41, 5.74) is 0.990. The molecule has 0 spiro atoms. The molecule has 1 heterocycles. The summed E-state index contributed by atoms with van der Waals surface area (Å²) in [6, 6.07) is 4.02. The predicted octanol–water partition coefficient (Wildman–Crippen LogP) is 4.58. The van der Waals surface area contributed by atoms with E-state index >= 15 is 0 Å². The number of aliphatic hydroxyl groups is 1. The number of alkyl carbamates (subject to hydrolysis) is 1. The molecule has 39 heavy (non-hydrogen) atoms. The van der Waals surface area contributed by atoms with Gasteiger partial charge in [-0.15, -0.1) is 0 Å². The minimum Gasteiger partial charge on any atom is -0.486 e. The summed E-state index contributed by atoms with van der Waals surface area (Å²) in [6.07, 6.45) is 1.14. The van der Waals surface area contributed by atoms with Crippen molar-refractivity contribution in [3.63, 3.8) is 0 Å². The fourth-order valence-corrected chi connectivity index (χ4v) is 4.03. The minimum atomic E-state index is -0.694. The van der Waals surface area contributed by atoms with Crippen molar-refractivity contribution in [2.75, 3.05) is 38.2 Å². The van der Waals surface area contributed by atoms with Gasteiger partial charge in [-0.25, -0.2) is 14.0 Å². The fourth-order valence-electron chi connectivity index (χ4n) is 4.03. The van der Waals surface area contributed by atoms with E-state index in [9.17, 15) is 19.1 Å². The van der Waals surface area contributed by atoms with Gasteiger partial charge in [0.15, 0.2) is 11.6 Å². The Labute approximate surface area is 229 Å². The van der Waals surface area contributed by atoms with Crippen molar-refractivity contribution in [2.24, 2.45) is 0 Å². The monoisotopic (exact) mass is 551 g/mol. The molecule has 0 bridgehead atoms. The molecule has 3 N–H and O–H groups in total. The molecule has 2 atom stereocenters. The molecule has 218 valence electrons. The average molecular weight is 552 g/mol. The summed E-state index contributed by atoms with van der Waals surface area (Å²) >= 11 is 0. The number of ether oxygens (including phenoxy) is 4. The van der Waals surface area contributed by atoms with Gasteiger partial charge in [0.25, 0.3) is 0 Å². The third-order valence-electron chi connectivity index (χ3n) is 6.06. The quantitative estimate of drug-likeness (QED) is 0.430. The predicted molar refractivity (Wildman–Crippen MR) is 144 cm³/mol. The highest BCUT2D eigenvalue weighted by molar-refractivity contribution is 5.69. The molecule has 10 nitrogen and oxygen atoms in total. The second kappa shape index (κ2) is 12.9. The Morgan fingerprint density at radius 1 is 1.13 bits per heavy atom. The van der Waals surface area contributed by atoms with E-state index in [4.69, 9.17) is 18.9 Å². The third kappa shape index (κ3) is 9.28. The molecule has 1 aromatic carbocycles. The smallest absolute Gasteiger partial charge is 0.410 e. The molecule has 1 saturated heterocycles. The molecule has 1 aliphatic carbocycles. The number of carbonyl (C=O) groups excluding carboxylic acids is 2. The molecule has 3 rings (SSSR count). The third-order valence-corrected chi connectivity index (χ3v) is 6.06. The molecule has 1 aliphatic heterocycles. The Kier molecular flexibility index (Phi) is 10.1. The van der Waals surface area contributed by atoms with E-state index in [0.717, 1.165) is 30.5 Å². The average Bonchev–Trinajstić information content (AvgIpc) is 2.78. The van der Waals surface area contributed by atoms with Crippen LogP contribution in [0.3, 0.4) is 0 Å². The van der Waals surface area contributed by atoms with Crippen LogP contribution in [0.15, 0.2) is 29.5 Å².